The highest BCUT2D eigenvalue weighted by molar-refractivity contribution is 7.07. The van der Waals surface area contributed by atoms with E-state index >= 15 is 0 Å². The number of aryl methyl sites for hydroxylation is 1. The van der Waals surface area contributed by atoms with Gasteiger partial charge in [0.25, 0.3) is 0 Å². The first-order chi connectivity index (χ1) is 11.7. The predicted octanol–water partition coefficient (Wildman–Crippen LogP) is 3.86. The van der Waals surface area contributed by atoms with E-state index in [4.69, 9.17) is 10.00 Å². The number of carbonyl (C=O) groups excluding carboxylic acids is 1. The van der Waals surface area contributed by atoms with Gasteiger partial charge in [-0.25, -0.2) is 4.79 Å². The van der Waals surface area contributed by atoms with E-state index in [9.17, 15) is 4.79 Å². The van der Waals surface area contributed by atoms with Crippen LogP contribution in [0.5, 0.6) is 5.75 Å². The molecule has 5 nitrogen and oxygen atoms in total. The van der Waals surface area contributed by atoms with E-state index in [2.05, 4.69) is 15.7 Å². The van der Waals surface area contributed by atoms with Crippen LogP contribution in [0.2, 0.25) is 0 Å². The Morgan fingerprint density at radius 2 is 1.75 bits per heavy atom. The average molecular weight is 335 g/mol. The van der Waals surface area contributed by atoms with Gasteiger partial charge in [-0.1, -0.05) is 35.7 Å². The van der Waals surface area contributed by atoms with E-state index in [1.54, 1.807) is 24.3 Å². The van der Waals surface area contributed by atoms with Crippen molar-refractivity contribution in [3.05, 3.63) is 64.7 Å². The lowest BCUT2D eigenvalue weighted by atomic mass is 10.0. The summed E-state index contributed by atoms with van der Waals surface area (Å²) in [4.78, 5) is 12.6. The van der Waals surface area contributed by atoms with Crippen molar-refractivity contribution in [2.45, 2.75) is 13.3 Å². The van der Waals surface area contributed by atoms with E-state index in [1.165, 1.54) is 0 Å². The number of esters is 1. The number of hydrogen-bond acceptors (Lipinski definition) is 6. The number of benzene rings is 2. The maximum Gasteiger partial charge on any atom is 0.357 e. The van der Waals surface area contributed by atoms with Gasteiger partial charge < -0.3 is 4.74 Å². The van der Waals surface area contributed by atoms with Gasteiger partial charge in [-0.15, -0.1) is 5.10 Å². The molecule has 0 aliphatic heterocycles. The molecule has 0 saturated carbocycles. The molecule has 0 spiro atoms. The zero-order valence-corrected chi connectivity index (χ0v) is 13.7. The number of rotatable bonds is 4. The van der Waals surface area contributed by atoms with Crippen molar-refractivity contribution < 1.29 is 9.53 Å². The van der Waals surface area contributed by atoms with Crippen molar-refractivity contribution >= 4 is 17.5 Å². The first kappa shape index (κ1) is 15.8. The van der Waals surface area contributed by atoms with Gasteiger partial charge in [-0.2, -0.15) is 5.26 Å². The molecule has 1 aromatic heterocycles. The summed E-state index contributed by atoms with van der Waals surface area (Å²) in [5, 5.41) is 12.7. The molecule has 0 fully saturated rings. The Hall–Kier alpha value is -3.04. The molecule has 1 heterocycles. The van der Waals surface area contributed by atoms with E-state index < -0.39 is 5.97 Å². The van der Waals surface area contributed by atoms with Crippen LogP contribution in [0.1, 0.15) is 27.9 Å². The number of hydrogen-bond donors (Lipinski definition) is 0. The van der Waals surface area contributed by atoms with Crippen LogP contribution in [-0.4, -0.2) is 15.6 Å². The SMILES string of the molecule is CCc1nnsc1C(=O)Oc1ccc(-c2ccc(C#N)cc2)cc1. The highest BCUT2D eigenvalue weighted by atomic mass is 32.1. The summed E-state index contributed by atoms with van der Waals surface area (Å²) in [5.41, 5.74) is 3.24. The van der Waals surface area contributed by atoms with Crippen molar-refractivity contribution in [2.75, 3.05) is 0 Å². The Kier molecular flexibility index (Phi) is 4.64. The van der Waals surface area contributed by atoms with Gasteiger partial charge in [0.05, 0.1) is 17.3 Å². The Morgan fingerprint density at radius 3 is 2.33 bits per heavy atom. The summed E-state index contributed by atoms with van der Waals surface area (Å²) in [5.74, 6) is 0.0285. The highest BCUT2D eigenvalue weighted by Gasteiger charge is 2.17. The first-order valence-electron chi connectivity index (χ1n) is 7.35. The molecule has 0 atom stereocenters. The van der Waals surface area contributed by atoms with E-state index in [-0.39, 0.29) is 0 Å². The number of nitrogens with zero attached hydrogens (tertiary/aromatic N) is 3. The lowest BCUT2D eigenvalue weighted by Crippen LogP contribution is -2.09. The van der Waals surface area contributed by atoms with Crippen molar-refractivity contribution in [3.8, 4) is 22.9 Å². The first-order valence-corrected chi connectivity index (χ1v) is 8.12. The molecule has 0 unspecified atom stereocenters. The van der Waals surface area contributed by atoms with Gasteiger partial charge in [-0.05, 0) is 53.3 Å². The normalized spacial score (nSPS) is 10.2. The van der Waals surface area contributed by atoms with Gasteiger partial charge in [0.1, 0.15) is 5.75 Å². The second-order valence-corrected chi connectivity index (χ2v) is 5.76. The Labute approximate surface area is 143 Å². The zero-order valence-electron chi connectivity index (χ0n) is 12.9. The van der Waals surface area contributed by atoms with Crippen LogP contribution in [0.25, 0.3) is 11.1 Å². The third-order valence-corrected chi connectivity index (χ3v) is 4.24. The fraction of sp³-hybridized carbons (Fsp3) is 0.111. The number of nitriles is 1. The van der Waals surface area contributed by atoms with Crippen LogP contribution in [0, 0.1) is 11.3 Å². The molecule has 3 rings (SSSR count). The standard InChI is InChI=1S/C18H13N3O2S/c1-2-16-17(24-21-20-16)18(22)23-15-9-7-14(8-10-15)13-5-3-12(11-19)4-6-13/h3-10H,2H2,1H3. The minimum absolute atomic E-state index is 0.437. The van der Waals surface area contributed by atoms with Crippen LogP contribution in [0.15, 0.2) is 48.5 Å². The fourth-order valence-electron chi connectivity index (χ4n) is 2.20. The molecule has 0 aliphatic rings. The quantitative estimate of drug-likeness (QED) is 0.534. The van der Waals surface area contributed by atoms with Gasteiger partial charge >= 0.3 is 5.97 Å². The van der Waals surface area contributed by atoms with Gasteiger partial charge in [0.2, 0.25) is 0 Å². The largest absolute Gasteiger partial charge is 0.422 e. The van der Waals surface area contributed by atoms with Gasteiger partial charge in [0.15, 0.2) is 4.88 Å². The smallest absolute Gasteiger partial charge is 0.357 e. The van der Waals surface area contributed by atoms with E-state index in [1.807, 2.05) is 31.2 Å². The van der Waals surface area contributed by atoms with Crippen LogP contribution in [0.4, 0.5) is 0 Å². The molecule has 0 bridgehead atoms. The van der Waals surface area contributed by atoms with Crippen molar-refractivity contribution in [1.82, 2.24) is 9.59 Å². The molecular weight excluding hydrogens is 322 g/mol. The van der Waals surface area contributed by atoms with Gasteiger partial charge in [0, 0.05) is 0 Å². The molecule has 118 valence electrons. The van der Waals surface area contributed by atoms with Crippen molar-refractivity contribution in [2.24, 2.45) is 0 Å². The van der Waals surface area contributed by atoms with Gasteiger partial charge in [-0.3, -0.25) is 0 Å². The Morgan fingerprint density at radius 1 is 1.12 bits per heavy atom. The number of aromatic nitrogens is 2. The summed E-state index contributed by atoms with van der Waals surface area (Å²) >= 11 is 1.04. The van der Waals surface area contributed by atoms with Crippen LogP contribution < -0.4 is 4.74 Å². The lowest BCUT2D eigenvalue weighted by molar-refractivity contribution is 0.0738. The van der Waals surface area contributed by atoms with Crippen LogP contribution in [0.3, 0.4) is 0 Å². The van der Waals surface area contributed by atoms with Crippen molar-refractivity contribution in [3.63, 3.8) is 0 Å². The topological polar surface area (TPSA) is 75.9 Å². The lowest BCUT2D eigenvalue weighted by Gasteiger charge is -2.05. The van der Waals surface area contributed by atoms with Crippen LogP contribution >= 0.6 is 11.5 Å². The molecular formula is C18H13N3O2S. The molecule has 6 heteroatoms. The molecule has 0 N–H and O–H groups in total. The monoisotopic (exact) mass is 335 g/mol. The molecule has 0 amide bonds. The highest BCUT2D eigenvalue weighted by Crippen LogP contribution is 2.24. The molecule has 0 aliphatic carbocycles. The van der Waals surface area contributed by atoms with E-state index in [0.29, 0.717) is 28.3 Å². The molecule has 0 radical (unpaired) electrons. The number of ether oxygens (including phenoxy) is 1. The summed E-state index contributed by atoms with van der Waals surface area (Å²) < 4.78 is 9.17. The maximum atomic E-state index is 12.2. The average Bonchev–Trinajstić information content (AvgIpc) is 3.11. The Balaban J connectivity index is 1.74. The predicted molar refractivity (Wildman–Crippen MR) is 90.8 cm³/mol. The Bertz CT molecular complexity index is 893. The van der Waals surface area contributed by atoms with E-state index in [0.717, 1.165) is 22.7 Å². The molecule has 3 aromatic rings. The van der Waals surface area contributed by atoms with Crippen LogP contribution in [-0.2, 0) is 6.42 Å². The number of carbonyl (C=O) groups is 1. The minimum Gasteiger partial charge on any atom is -0.422 e. The molecule has 2 aromatic carbocycles. The molecule has 0 saturated heterocycles. The third-order valence-electron chi connectivity index (χ3n) is 3.49. The molecule has 24 heavy (non-hydrogen) atoms. The third kappa shape index (κ3) is 3.31. The maximum absolute atomic E-state index is 12.2. The zero-order chi connectivity index (χ0) is 16.9. The second kappa shape index (κ2) is 7.02. The minimum atomic E-state index is -0.437. The summed E-state index contributed by atoms with van der Waals surface area (Å²) in [7, 11) is 0. The summed E-state index contributed by atoms with van der Waals surface area (Å²) in [6.45, 7) is 1.92. The fourth-order valence-corrected chi connectivity index (χ4v) is 2.83. The summed E-state index contributed by atoms with van der Waals surface area (Å²) in [6, 6.07) is 16.6. The summed E-state index contributed by atoms with van der Waals surface area (Å²) in [6.07, 6.45) is 0.637. The second-order valence-electron chi connectivity index (χ2n) is 5.01. The van der Waals surface area contributed by atoms with Crippen molar-refractivity contribution in [1.29, 1.82) is 5.26 Å².